The van der Waals surface area contributed by atoms with Crippen LogP contribution in [-0.4, -0.2) is 29.5 Å². The van der Waals surface area contributed by atoms with Gasteiger partial charge in [-0.2, -0.15) is 0 Å². The molecule has 1 heterocycles. The first-order valence-corrected chi connectivity index (χ1v) is 6.00. The zero-order valence-electron chi connectivity index (χ0n) is 11.5. The summed E-state index contributed by atoms with van der Waals surface area (Å²) < 4.78 is 0. The second kappa shape index (κ2) is 5.58. The zero-order valence-corrected chi connectivity index (χ0v) is 11.5. The van der Waals surface area contributed by atoms with E-state index in [0.29, 0.717) is 0 Å². The van der Waals surface area contributed by atoms with E-state index in [1.54, 1.807) is 0 Å². The van der Waals surface area contributed by atoms with E-state index in [9.17, 15) is 0 Å². The number of nitrogens with zero attached hydrogens (tertiary/aromatic N) is 2. The van der Waals surface area contributed by atoms with E-state index in [4.69, 9.17) is 5.84 Å². The molecular formula is C13H24N4. The van der Waals surface area contributed by atoms with Crippen molar-refractivity contribution >= 4 is 0 Å². The Kier molecular flexibility index (Phi) is 4.62. The van der Waals surface area contributed by atoms with Crippen molar-refractivity contribution in [3.8, 4) is 0 Å². The van der Waals surface area contributed by atoms with Gasteiger partial charge in [0.15, 0.2) is 0 Å². The van der Waals surface area contributed by atoms with Gasteiger partial charge in [-0.15, -0.1) is 0 Å². The maximum Gasteiger partial charge on any atom is 0.0655 e. The van der Waals surface area contributed by atoms with Gasteiger partial charge in [0, 0.05) is 17.9 Å². The van der Waals surface area contributed by atoms with E-state index >= 15 is 0 Å². The van der Waals surface area contributed by atoms with Crippen LogP contribution < -0.4 is 11.3 Å². The smallest absolute Gasteiger partial charge is 0.0655 e. The van der Waals surface area contributed by atoms with E-state index in [2.05, 4.69) is 49.3 Å². The number of aromatic nitrogens is 1. The molecule has 0 aliphatic heterocycles. The van der Waals surface area contributed by atoms with Crippen LogP contribution in [0.4, 0.5) is 0 Å². The van der Waals surface area contributed by atoms with Crippen molar-refractivity contribution in [2.24, 2.45) is 5.84 Å². The van der Waals surface area contributed by atoms with Crippen molar-refractivity contribution < 1.29 is 0 Å². The molecule has 0 radical (unpaired) electrons. The fraction of sp³-hybridized carbons (Fsp3) is 0.615. The topological polar surface area (TPSA) is 54.2 Å². The summed E-state index contributed by atoms with van der Waals surface area (Å²) in [4.78, 5) is 6.45. The molecular weight excluding hydrogens is 212 g/mol. The molecule has 0 spiro atoms. The lowest BCUT2D eigenvalue weighted by Gasteiger charge is -2.42. The van der Waals surface area contributed by atoms with Gasteiger partial charge in [0.25, 0.3) is 0 Å². The molecule has 0 aliphatic carbocycles. The number of aryl methyl sites for hydroxylation is 1. The van der Waals surface area contributed by atoms with Crippen LogP contribution in [-0.2, 0) is 0 Å². The minimum absolute atomic E-state index is 0.0375. The Morgan fingerprint density at radius 2 is 2.12 bits per heavy atom. The summed E-state index contributed by atoms with van der Waals surface area (Å²) in [6.07, 6.45) is 4.74. The van der Waals surface area contributed by atoms with E-state index in [0.717, 1.165) is 17.5 Å². The van der Waals surface area contributed by atoms with Crippen LogP contribution >= 0.6 is 0 Å². The quantitative estimate of drug-likeness (QED) is 0.602. The minimum Gasteiger partial charge on any atom is -0.302 e. The van der Waals surface area contributed by atoms with Crippen LogP contribution in [0.25, 0.3) is 0 Å². The second-order valence-electron chi connectivity index (χ2n) is 5.00. The van der Waals surface area contributed by atoms with Gasteiger partial charge in [0.1, 0.15) is 0 Å². The molecule has 0 aromatic carbocycles. The predicted molar refractivity (Wildman–Crippen MR) is 71.4 cm³/mol. The van der Waals surface area contributed by atoms with Crippen LogP contribution in [0.1, 0.15) is 37.4 Å². The van der Waals surface area contributed by atoms with Crippen molar-refractivity contribution in [3.05, 3.63) is 29.6 Å². The summed E-state index contributed by atoms with van der Waals surface area (Å²) in [5.74, 6) is 5.75. The number of likely N-dealkylation sites (N-methyl/N-ethyl adjacent to an activating group) is 1. The summed E-state index contributed by atoms with van der Waals surface area (Å²) in [5, 5.41) is 0. The first-order valence-electron chi connectivity index (χ1n) is 6.00. The van der Waals surface area contributed by atoms with E-state index < -0.39 is 0 Å². The number of nitrogens with one attached hydrogen (secondary N) is 1. The Morgan fingerprint density at radius 1 is 1.47 bits per heavy atom. The average Bonchev–Trinajstić information content (AvgIpc) is 2.29. The predicted octanol–water partition coefficient (Wildman–Crippen LogP) is 1.62. The Morgan fingerprint density at radius 3 is 2.53 bits per heavy atom. The molecule has 17 heavy (non-hydrogen) atoms. The third-order valence-electron chi connectivity index (χ3n) is 3.76. The summed E-state index contributed by atoms with van der Waals surface area (Å²) in [6, 6.07) is 2.20. The summed E-state index contributed by atoms with van der Waals surface area (Å²) in [5.41, 5.74) is 5.18. The summed E-state index contributed by atoms with van der Waals surface area (Å²) in [7, 11) is 4.16. The molecule has 4 heteroatoms. The molecule has 3 N–H and O–H groups in total. The van der Waals surface area contributed by atoms with Gasteiger partial charge in [0.05, 0.1) is 6.04 Å². The van der Waals surface area contributed by atoms with Gasteiger partial charge < -0.3 is 4.90 Å². The molecule has 1 aromatic rings. The molecule has 2 atom stereocenters. The molecule has 96 valence electrons. The van der Waals surface area contributed by atoms with Crippen LogP contribution in [0.15, 0.2) is 18.5 Å². The number of hydrazine groups is 1. The van der Waals surface area contributed by atoms with Crippen LogP contribution in [0.3, 0.4) is 0 Å². The number of rotatable bonds is 5. The van der Waals surface area contributed by atoms with Gasteiger partial charge >= 0.3 is 0 Å². The van der Waals surface area contributed by atoms with Gasteiger partial charge in [-0.25, -0.2) is 0 Å². The Hall–Kier alpha value is -0.970. The van der Waals surface area contributed by atoms with Crippen LogP contribution in [0.5, 0.6) is 0 Å². The molecule has 4 nitrogen and oxygen atoms in total. The van der Waals surface area contributed by atoms with Crippen molar-refractivity contribution in [2.75, 3.05) is 14.1 Å². The number of nitrogens with two attached hydrogens (primary N) is 1. The molecule has 0 amide bonds. The van der Waals surface area contributed by atoms with E-state index in [1.165, 1.54) is 0 Å². The molecule has 1 aromatic heterocycles. The number of hydrogen-bond donors (Lipinski definition) is 2. The lowest BCUT2D eigenvalue weighted by atomic mass is 9.84. The third-order valence-corrected chi connectivity index (χ3v) is 3.76. The molecule has 2 unspecified atom stereocenters. The van der Waals surface area contributed by atoms with Crippen LogP contribution in [0.2, 0.25) is 0 Å². The largest absolute Gasteiger partial charge is 0.302 e. The Labute approximate surface area is 104 Å². The van der Waals surface area contributed by atoms with Crippen molar-refractivity contribution in [2.45, 2.75) is 38.8 Å². The molecule has 0 aliphatic rings. The van der Waals surface area contributed by atoms with E-state index in [1.807, 2.05) is 19.3 Å². The number of hydrogen-bond acceptors (Lipinski definition) is 4. The molecule has 0 bridgehead atoms. The first-order chi connectivity index (χ1) is 7.95. The minimum atomic E-state index is -0.0375. The second-order valence-corrected chi connectivity index (χ2v) is 5.00. The van der Waals surface area contributed by atoms with Gasteiger partial charge in [-0.1, -0.05) is 13.0 Å². The lowest BCUT2D eigenvalue weighted by molar-refractivity contribution is 0.113. The highest BCUT2D eigenvalue weighted by Gasteiger charge is 2.35. The fourth-order valence-electron chi connectivity index (χ4n) is 2.15. The third kappa shape index (κ3) is 2.83. The maximum atomic E-state index is 5.75. The highest BCUT2D eigenvalue weighted by Crippen LogP contribution is 2.31. The van der Waals surface area contributed by atoms with Crippen molar-refractivity contribution in [1.82, 2.24) is 15.3 Å². The van der Waals surface area contributed by atoms with Crippen molar-refractivity contribution in [1.29, 1.82) is 0 Å². The standard InChI is InChI=1S/C13H24N4/c1-6-13(3,17(4)5)12(16-14)11-7-10(2)8-15-9-11/h7-9,12,16H,6,14H2,1-5H3. The normalized spacial score (nSPS) is 16.9. The SMILES string of the molecule is CCC(C)(C(NN)c1cncc(C)c1)N(C)C. The maximum absolute atomic E-state index is 5.75. The van der Waals surface area contributed by atoms with Crippen LogP contribution in [0, 0.1) is 6.92 Å². The molecule has 1 rings (SSSR count). The van der Waals surface area contributed by atoms with Gasteiger partial charge in [-0.3, -0.25) is 16.3 Å². The zero-order chi connectivity index (χ0) is 13.1. The Balaban J connectivity index is 3.14. The number of pyridine rings is 1. The molecule has 0 fully saturated rings. The lowest BCUT2D eigenvalue weighted by Crippen LogP contribution is -2.53. The summed E-state index contributed by atoms with van der Waals surface area (Å²) >= 11 is 0. The first kappa shape index (κ1) is 14.1. The fourth-order valence-corrected chi connectivity index (χ4v) is 2.15. The highest BCUT2D eigenvalue weighted by atomic mass is 15.3. The van der Waals surface area contributed by atoms with E-state index in [-0.39, 0.29) is 11.6 Å². The van der Waals surface area contributed by atoms with Gasteiger partial charge in [0.2, 0.25) is 0 Å². The molecule has 0 saturated heterocycles. The highest BCUT2D eigenvalue weighted by molar-refractivity contribution is 5.23. The Bertz CT molecular complexity index is 364. The summed E-state index contributed by atoms with van der Waals surface area (Å²) in [6.45, 7) is 6.43. The monoisotopic (exact) mass is 236 g/mol. The van der Waals surface area contributed by atoms with Crippen molar-refractivity contribution in [3.63, 3.8) is 0 Å². The van der Waals surface area contributed by atoms with Gasteiger partial charge in [-0.05, 0) is 45.5 Å². The molecule has 0 saturated carbocycles. The average molecular weight is 236 g/mol.